The highest BCUT2D eigenvalue weighted by Crippen LogP contribution is 2.36. The standard InChI is InChI=1S/C18H31N5O/c1-3-15(2)23-16(8-11-20-23)21-17(24)19-14-18(9-4-5-10-18)22-12-6-7-13-22/h8,11,15H,3-7,9-10,12-14H2,1-2H3,(H2,19,21,24)/t15-/m0/s1. The van der Waals surface area contributed by atoms with Crippen LogP contribution in [0.2, 0.25) is 0 Å². The highest BCUT2D eigenvalue weighted by atomic mass is 16.2. The first-order chi connectivity index (χ1) is 11.6. The third-order valence-electron chi connectivity index (χ3n) is 5.81. The minimum atomic E-state index is -0.120. The molecule has 0 unspecified atom stereocenters. The van der Waals surface area contributed by atoms with Gasteiger partial charge in [-0.15, -0.1) is 0 Å². The Bertz CT molecular complexity index is 543. The summed E-state index contributed by atoms with van der Waals surface area (Å²) in [6, 6.07) is 2.02. The summed E-state index contributed by atoms with van der Waals surface area (Å²) in [5.41, 5.74) is 0.185. The molecule has 1 aromatic heterocycles. The van der Waals surface area contributed by atoms with Gasteiger partial charge in [0.1, 0.15) is 5.82 Å². The lowest BCUT2D eigenvalue weighted by molar-refractivity contribution is 0.122. The zero-order valence-corrected chi connectivity index (χ0v) is 15.1. The molecule has 1 saturated carbocycles. The normalized spacial score (nSPS) is 21.8. The van der Waals surface area contributed by atoms with Crippen LogP contribution in [0.25, 0.3) is 0 Å². The van der Waals surface area contributed by atoms with Crippen LogP contribution in [0.5, 0.6) is 0 Å². The predicted octanol–water partition coefficient (Wildman–Crippen LogP) is 3.38. The van der Waals surface area contributed by atoms with Crippen molar-refractivity contribution in [3.05, 3.63) is 12.3 Å². The molecule has 0 radical (unpaired) electrons. The quantitative estimate of drug-likeness (QED) is 0.839. The zero-order valence-electron chi connectivity index (χ0n) is 15.1. The number of anilines is 1. The molecule has 0 bridgehead atoms. The molecule has 1 saturated heterocycles. The van der Waals surface area contributed by atoms with E-state index in [2.05, 4.69) is 34.5 Å². The average Bonchev–Trinajstić information content (AvgIpc) is 3.32. The minimum Gasteiger partial charge on any atom is -0.336 e. The molecule has 2 N–H and O–H groups in total. The molecular formula is C18H31N5O. The Morgan fingerprint density at radius 3 is 2.67 bits per heavy atom. The van der Waals surface area contributed by atoms with Gasteiger partial charge in [0.25, 0.3) is 0 Å². The molecule has 2 amide bonds. The number of carbonyl (C=O) groups is 1. The van der Waals surface area contributed by atoms with Crippen LogP contribution < -0.4 is 10.6 Å². The third kappa shape index (κ3) is 3.58. The summed E-state index contributed by atoms with van der Waals surface area (Å²) in [7, 11) is 0. The van der Waals surface area contributed by atoms with Crippen molar-refractivity contribution in [2.75, 3.05) is 25.0 Å². The highest BCUT2D eigenvalue weighted by molar-refractivity contribution is 5.88. The summed E-state index contributed by atoms with van der Waals surface area (Å²) < 4.78 is 1.88. The summed E-state index contributed by atoms with van der Waals surface area (Å²) >= 11 is 0. The van der Waals surface area contributed by atoms with Gasteiger partial charge in [-0.1, -0.05) is 19.8 Å². The molecule has 3 rings (SSSR count). The first-order valence-electron chi connectivity index (χ1n) is 9.48. The maximum absolute atomic E-state index is 12.4. The van der Waals surface area contributed by atoms with E-state index >= 15 is 0 Å². The molecule has 2 aliphatic rings. The maximum Gasteiger partial charge on any atom is 0.320 e. The van der Waals surface area contributed by atoms with Crippen LogP contribution in [0.4, 0.5) is 10.6 Å². The molecule has 2 fully saturated rings. The van der Waals surface area contributed by atoms with Crippen LogP contribution >= 0.6 is 0 Å². The van der Waals surface area contributed by atoms with Gasteiger partial charge < -0.3 is 5.32 Å². The fourth-order valence-electron chi connectivity index (χ4n) is 4.17. The van der Waals surface area contributed by atoms with E-state index in [0.29, 0.717) is 0 Å². The van der Waals surface area contributed by atoms with Gasteiger partial charge in [0.05, 0.1) is 12.2 Å². The first-order valence-corrected chi connectivity index (χ1v) is 9.48. The largest absolute Gasteiger partial charge is 0.336 e. The second-order valence-corrected chi connectivity index (χ2v) is 7.35. The van der Waals surface area contributed by atoms with Crippen LogP contribution in [-0.4, -0.2) is 45.9 Å². The van der Waals surface area contributed by atoms with Crippen molar-refractivity contribution in [1.29, 1.82) is 0 Å². The van der Waals surface area contributed by atoms with Gasteiger partial charge in [-0.3, -0.25) is 10.2 Å². The van der Waals surface area contributed by atoms with Crippen molar-refractivity contribution in [2.45, 2.75) is 70.4 Å². The smallest absolute Gasteiger partial charge is 0.320 e. The van der Waals surface area contributed by atoms with Crippen molar-refractivity contribution in [3.8, 4) is 0 Å². The van der Waals surface area contributed by atoms with E-state index in [-0.39, 0.29) is 17.6 Å². The number of aromatic nitrogens is 2. The maximum atomic E-state index is 12.4. The monoisotopic (exact) mass is 333 g/mol. The Kier molecular flexibility index (Phi) is 5.43. The van der Waals surface area contributed by atoms with E-state index in [4.69, 9.17) is 0 Å². The van der Waals surface area contributed by atoms with Crippen LogP contribution in [0.3, 0.4) is 0 Å². The highest BCUT2D eigenvalue weighted by Gasteiger charge is 2.40. The number of nitrogens with zero attached hydrogens (tertiary/aromatic N) is 3. The van der Waals surface area contributed by atoms with E-state index in [1.54, 1.807) is 6.20 Å². The van der Waals surface area contributed by atoms with E-state index < -0.39 is 0 Å². The molecule has 0 aromatic carbocycles. The number of rotatable bonds is 6. The molecule has 0 spiro atoms. The van der Waals surface area contributed by atoms with E-state index in [1.807, 2.05) is 10.7 Å². The lowest BCUT2D eigenvalue weighted by atomic mass is 9.95. The third-order valence-corrected chi connectivity index (χ3v) is 5.81. The lowest BCUT2D eigenvalue weighted by Gasteiger charge is -2.39. The molecule has 24 heavy (non-hydrogen) atoms. The van der Waals surface area contributed by atoms with Crippen LogP contribution in [0.1, 0.15) is 64.8 Å². The van der Waals surface area contributed by atoms with Gasteiger partial charge in [0.2, 0.25) is 0 Å². The van der Waals surface area contributed by atoms with Crippen LogP contribution in [0, 0.1) is 0 Å². The summed E-state index contributed by atoms with van der Waals surface area (Å²) in [5, 5.41) is 10.4. The van der Waals surface area contributed by atoms with Crippen molar-refractivity contribution < 1.29 is 4.79 Å². The molecule has 6 heteroatoms. The SMILES string of the molecule is CC[C@H](C)n1nccc1NC(=O)NCC1(N2CCCC2)CCCC1. The fourth-order valence-corrected chi connectivity index (χ4v) is 4.17. The number of urea groups is 1. The number of likely N-dealkylation sites (tertiary alicyclic amines) is 1. The Morgan fingerprint density at radius 1 is 1.29 bits per heavy atom. The Labute approximate surface area is 145 Å². The van der Waals surface area contributed by atoms with Gasteiger partial charge in [0, 0.05) is 18.2 Å². The van der Waals surface area contributed by atoms with Crippen molar-refractivity contribution >= 4 is 11.8 Å². The second kappa shape index (κ2) is 7.55. The Hall–Kier alpha value is -1.56. The van der Waals surface area contributed by atoms with E-state index in [1.165, 1.54) is 51.6 Å². The molecule has 1 atom stereocenters. The summed E-state index contributed by atoms with van der Waals surface area (Å²) in [4.78, 5) is 15.0. The van der Waals surface area contributed by atoms with Gasteiger partial charge in [0.15, 0.2) is 0 Å². The number of amides is 2. The van der Waals surface area contributed by atoms with Crippen molar-refractivity contribution in [1.82, 2.24) is 20.0 Å². The number of carbonyl (C=O) groups excluding carboxylic acids is 1. The average molecular weight is 333 g/mol. The van der Waals surface area contributed by atoms with Gasteiger partial charge in [-0.05, 0) is 52.1 Å². The molecule has 134 valence electrons. The van der Waals surface area contributed by atoms with Gasteiger partial charge in [-0.25, -0.2) is 9.48 Å². The predicted molar refractivity (Wildman–Crippen MR) is 96.3 cm³/mol. The zero-order chi connectivity index (χ0) is 17.0. The summed E-state index contributed by atoms with van der Waals surface area (Å²) in [6.07, 6.45) is 10.3. The van der Waals surface area contributed by atoms with Crippen molar-refractivity contribution in [2.24, 2.45) is 0 Å². The Balaban J connectivity index is 1.58. The molecule has 1 aromatic rings. The Morgan fingerprint density at radius 2 is 2.00 bits per heavy atom. The lowest BCUT2D eigenvalue weighted by Crippen LogP contribution is -2.53. The molecular weight excluding hydrogens is 302 g/mol. The fraction of sp³-hybridized carbons (Fsp3) is 0.778. The summed E-state index contributed by atoms with van der Waals surface area (Å²) in [6.45, 7) is 7.34. The number of hydrogen-bond donors (Lipinski definition) is 2. The topological polar surface area (TPSA) is 62.2 Å². The van der Waals surface area contributed by atoms with Gasteiger partial charge in [-0.2, -0.15) is 5.10 Å². The van der Waals surface area contributed by atoms with Gasteiger partial charge >= 0.3 is 6.03 Å². The van der Waals surface area contributed by atoms with E-state index in [0.717, 1.165) is 18.8 Å². The number of nitrogens with one attached hydrogen (secondary N) is 2. The second-order valence-electron chi connectivity index (χ2n) is 7.35. The van der Waals surface area contributed by atoms with Crippen molar-refractivity contribution in [3.63, 3.8) is 0 Å². The van der Waals surface area contributed by atoms with E-state index in [9.17, 15) is 4.79 Å². The molecule has 6 nitrogen and oxygen atoms in total. The first kappa shape index (κ1) is 17.3. The number of hydrogen-bond acceptors (Lipinski definition) is 3. The summed E-state index contributed by atoms with van der Waals surface area (Å²) in [5.74, 6) is 0.767. The minimum absolute atomic E-state index is 0.120. The molecule has 1 aliphatic heterocycles. The van der Waals surface area contributed by atoms with Crippen LogP contribution in [-0.2, 0) is 0 Å². The van der Waals surface area contributed by atoms with Crippen LogP contribution in [0.15, 0.2) is 12.3 Å². The molecule has 2 heterocycles. The molecule has 1 aliphatic carbocycles.